The van der Waals surface area contributed by atoms with Gasteiger partial charge in [-0.15, -0.1) is 68.0 Å². The summed E-state index contributed by atoms with van der Waals surface area (Å²) in [7, 11) is -1.76. The zero-order valence-corrected chi connectivity index (χ0v) is 31.0. The van der Waals surface area contributed by atoms with Crippen molar-refractivity contribution in [2.75, 3.05) is 0 Å². The van der Waals surface area contributed by atoms with Gasteiger partial charge in [0.25, 0.3) is 0 Å². The van der Waals surface area contributed by atoms with Gasteiger partial charge in [-0.3, -0.25) is 0 Å². The fraction of sp³-hybridized carbons (Fsp3) is 0.312. The van der Waals surface area contributed by atoms with Crippen molar-refractivity contribution in [3.05, 3.63) is 52.3 Å². The highest BCUT2D eigenvalue weighted by atomic mass is 32.1. The molecular weight excluding hydrogens is 661 g/mol. The predicted molar refractivity (Wildman–Crippen MR) is 197 cm³/mol. The Hall–Kier alpha value is -2.12. The molecule has 6 aromatic heterocycles. The number of thiazole rings is 4. The van der Waals surface area contributed by atoms with Gasteiger partial charge in [0.1, 0.15) is 28.1 Å². The van der Waals surface area contributed by atoms with E-state index in [9.17, 15) is 0 Å². The number of benzene rings is 1. The van der Waals surface area contributed by atoms with Crippen molar-refractivity contribution in [1.29, 1.82) is 0 Å². The minimum Gasteiger partial charge on any atom is -0.244 e. The van der Waals surface area contributed by atoms with Crippen molar-refractivity contribution >= 4 is 101 Å². The highest BCUT2D eigenvalue weighted by Crippen LogP contribution is 2.51. The lowest BCUT2D eigenvalue weighted by atomic mass is 10.1. The van der Waals surface area contributed by atoms with Crippen LogP contribution in [0.5, 0.6) is 0 Å². The summed E-state index contributed by atoms with van der Waals surface area (Å²) >= 11 is 10.7. The number of rotatable bonds is 8. The second-order valence-corrected chi connectivity index (χ2v) is 24.2. The van der Waals surface area contributed by atoms with Crippen LogP contribution in [-0.4, -0.2) is 28.0 Å². The number of thiophene rings is 2. The first kappa shape index (κ1) is 29.6. The number of hydrogen-bond donors (Lipinski definition) is 0. The fourth-order valence-electron chi connectivity index (χ4n) is 6.92. The first-order valence-corrected chi connectivity index (χ1v) is 21.7. The zero-order chi connectivity index (χ0) is 30.0. The maximum atomic E-state index is 5.45. The molecule has 4 nitrogen and oxygen atoms in total. The minimum absolute atomic E-state index is 0.668. The Kier molecular flexibility index (Phi) is 7.81. The average Bonchev–Trinajstić information content (AvgIpc) is 3.79. The SMILES string of the molecule is Cc1ccc(-c2nc3c(-c4nccs4)c4sc(-c5ccc([Si](C(C)C)(C(C)C)C(C)C)s5)nc4c(-c4nccs4)c3s2)s1. The van der Waals surface area contributed by atoms with E-state index in [0.29, 0.717) is 16.6 Å². The number of aromatic nitrogens is 4. The number of fused-ring (bicyclic) bond motifs is 2. The summed E-state index contributed by atoms with van der Waals surface area (Å²) in [4.78, 5) is 24.1. The molecule has 0 N–H and O–H groups in total. The van der Waals surface area contributed by atoms with Gasteiger partial charge in [0.2, 0.25) is 0 Å². The van der Waals surface area contributed by atoms with Crippen LogP contribution in [0.4, 0.5) is 0 Å². The molecule has 0 aliphatic carbocycles. The van der Waals surface area contributed by atoms with Gasteiger partial charge < -0.3 is 0 Å². The molecule has 0 bridgehead atoms. The lowest BCUT2D eigenvalue weighted by Gasteiger charge is -2.42. The third-order valence-corrected chi connectivity index (χ3v) is 22.6. The molecule has 0 spiro atoms. The Morgan fingerprint density at radius 1 is 0.581 bits per heavy atom. The van der Waals surface area contributed by atoms with Gasteiger partial charge in [0.05, 0.1) is 41.3 Å². The third kappa shape index (κ3) is 4.74. The van der Waals surface area contributed by atoms with Gasteiger partial charge in [0, 0.05) is 28.0 Å². The topological polar surface area (TPSA) is 51.6 Å². The standard InChI is InChI=1S/C32H32N4S6Si/c1-16(2)43(17(3)4,18(5)6)22-11-10-21(40-22)30-36-26-24(32-34-13-15-38-32)27-25(23(28(26)42-30)31-33-12-14-37-31)35-29(41-27)20-9-8-19(7)39-20/h8-18H,1-7H3. The molecule has 0 unspecified atom stereocenters. The van der Waals surface area contributed by atoms with Crippen LogP contribution in [0.1, 0.15) is 46.4 Å². The van der Waals surface area contributed by atoms with Crippen molar-refractivity contribution in [1.82, 2.24) is 19.9 Å². The largest absolute Gasteiger partial charge is 0.244 e. The van der Waals surface area contributed by atoms with E-state index in [1.807, 2.05) is 23.7 Å². The van der Waals surface area contributed by atoms with E-state index < -0.39 is 8.07 Å². The summed E-state index contributed by atoms with van der Waals surface area (Å²) in [6.07, 6.45) is 3.79. The Balaban J connectivity index is 1.50. The smallest absolute Gasteiger partial charge is 0.134 e. The molecule has 0 fully saturated rings. The van der Waals surface area contributed by atoms with Crippen LogP contribution in [-0.2, 0) is 0 Å². The van der Waals surface area contributed by atoms with Crippen molar-refractivity contribution in [2.45, 2.75) is 65.1 Å². The maximum absolute atomic E-state index is 5.45. The van der Waals surface area contributed by atoms with Crippen molar-refractivity contribution in [2.24, 2.45) is 0 Å². The Morgan fingerprint density at radius 2 is 1.07 bits per heavy atom. The van der Waals surface area contributed by atoms with Crippen LogP contribution in [0.2, 0.25) is 16.6 Å². The number of aryl methyl sites for hydroxylation is 1. The van der Waals surface area contributed by atoms with E-state index in [2.05, 4.69) is 83.5 Å². The quantitative estimate of drug-likeness (QED) is 0.149. The molecule has 11 heteroatoms. The van der Waals surface area contributed by atoms with Crippen LogP contribution < -0.4 is 4.50 Å². The Morgan fingerprint density at radius 3 is 1.49 bits per heavy atom. The van der Waals surface area contributed by atoms with E-state index in [0.717, 1.165) is 51.6 Å². The summed E-state index contributed by atoms with van der Waals surface area (Å²) in [5.41, 5.74) is 6.23. The lowest BCUT2D eigenvalue weighted by Crippen LogP contribution is -2.54. The molecule has 43 heavy (non-hydrogen) atoms. The Labute approximate surface area is 277 Å². The van der Waals surface area contributed by atoms with Gasteiger partial charge in [-0.05, 0) is 46.2 Å². The normalized spacial score (nSPS) is 12.7. The molecular formula is C32H32N4S6Si. The van der Waals surface area contributed by atoms with Gasteiger partial charge >= 0.3 is 0 Å². The maximum Gasteiger partial charge on any atom is 0.134 e. The molecule has 0 aliphatic heterocycles. The van der Waals surface area contributed by atoms with Crippen LogP contribution in [0, 0.1) is 6.92 Å². The molecule has 0 saturated carbocycles. The molecule has 0 radical (unpaired) electrons. The molecule has 7 rings (SSSR count). The molecule has 1 aromatic carbocycles. The van der Waals surface area contributed by atoms with Gasteiger partial charge in [-0.2, -0.15) is 0 Å². The summed E-state index contributed by atoms with van der Waals surface area (Å²) in [5, 5.41) is 8.22. The molecule has 7 aromatic rings. The highest BCUT2D eigenvalue weighted by Gasteiger charge is 2.45. The lowest BCUT2D eigenvalue weighted by molar-refractivity contribution is 0.837. The van der Waals surface area contributed by atoms with Crippen LogP contribution in [0.25, 0.3) is 61.3 Å². The zero-order valence-electron chi connectivity index (χ0n) is 25.1. The molecule has 0 saturated heterocycles. The number of hydrogen-bond acceptors (Lipinski definition) is 10. The van der Waals surface area contributed by atoms with E-state index >= 15 is 0 Å². The first-order chi connectivity index (χ1) is 20.7. The van der Waals surface area contributed by atoms with E-state index in [4.69, 9.17) is 19.9 Å². The van der Waals surface area contributed by atoms with E-state index in [1.165, 1.54) is 14.6 Å². The Bertz CT molecular complexity index is 1930. The van der Waals surface area contributed by atoms with Crippen LogP contribution >= 0.6 is 68.0 Å². The number of nitrogens with zero attached hydrogens (tertiary/aromatic N) is 4. The van der Waals surface area contributed by atoms with Gasteiger partial charge in [-0.25, -0.2) is 19.9 Å². The molecule has 0 atom stereocenters. The summed E-state index contributed by atoms with van der Waals surface area (Å²) < 4.78 is 3.89. The fourth-order valence-corrected chi connectivity index (χ4v) is 21.6. The predicted octanol–water partition coefficient (Wildman–Crippen LogP) is 11.8. The molecule has 0 aliphatic rings. The van der Waals surface area contributed by atoms with E-state index in [1.54, 1.807) is 61.2 Å². The average molecular weight is 693 g/mol. The first-order valence-electron chi connectivity index (χ1n) is 14.4. The van der Waals surface area contributed by atoms with Gasteiger partial charge in [-0.1, -0.05) is 47.6 Å². The van der Waals surface area contributed by atoms with Crippen LogP contribution in [0.3, 0.4) is 0 Å². The highest BCUT2D eigenvalue weighted by molar-refractivity contribution is 7.33. The monoisotopic (exact) mass is 692 g/mol. The van der Waals surface area contributed by atoms with Crippen molar-refractivity contribution in [3.8, 4) is 40.9 Å². The second kappa shape index (κ2) is 11.3. The summed E-state index contributed by atoms with van der Waals surface area (Å²) in [6, 6.07) is 9.12. The molecule has 6 heterocycles. The molecule has 0 amide bonds. The van der Waals surface area contributed by atoms with Crippen LogP contribution in [0.15, 0.2) is 47.4 Å². The minimum atomic E-state index is -1.76. The summed E-state index contributed by atoms with van der Waals surface area (Å²) in [5.74, 6) is 0. The summed E-state index contributed by atoms with van der Waals surface area (Å²) in [6.45, 7) is 16.8. The van der Waals surface area contributed by atoms with Gasteiger partial charge in [0.15, 0.2) is 0 Å². The third-order valence-electron chi connectivity index (χ3n) is 8.54. The van der Waals surface area contributed by atoms with Crippen molar-refractivity contribution in [3.63, 3.8) is 0 Å². The second-order valence-electron chi connectivity index (χ2n) is 11.8. The van der Waals surface area contributed by atoms with E-state index in [-0.39, 0.29) is 0 Å². The molecule has 220 valence electrons. The van der Waals surface area contributed by atoms with Crippen molar-refractivity contribution < 1.29 is 0 Å².